The van der Waals surface area contributed by atoms with Crippen LogP contribution in [0.25, 0.3) is 32.8 Å². The number of unbranched alkanes of at least 4 members (excludes halogenated alkanes) is 1. The zero-order chi connectivity index (χ0) is 17.2. The first-order chi connectivity index (χ1) is 12.3. The number of nitrogens with zero attached hydrogens (tertiary/aromatic N) is 2. The van der Waals surface area contributed by atoms with E-state index in [-0.39, 0.29) is 0 Å². The zero-order valence-corrected chi connectivity index (χ0v) is 15.0. The molecule has 0 saturated heterocycles. The van der Waals surface area contributed by atoms with Crippen LogP contribution in [0, 0.1) is 5.92 Å². The number of benzene rings is 2. The summed E-state index contributed by atoms with van der Waals surface area (Å²) in [6.45, 7) is 4.59. The van der Waals surface area contributed by atoms with Crippen LogP contribution < -0.4 is 0 Å². The molecule has 2 aromatic heterocycles. The third kappa shape index (κ3) is 2.88. The Kier molecular flexibility index (Phi) is 4.39. The van der Waals surface area contributed by atoms with Gasteiger partial charge in [0.25, 0.3) is 0 Å². The summed E-state index contributed by atoms with van der Waals surface area (Å²) in [5, 5.41) is 2.47. The van der Waals surface area contributed by atoms with E-state index >= 15 is 0 Å². The van der Waals surface area contributed by atoms with E-state index in [4.69, 9.17) is 0 Å². The van der Waals surface area contributed by atoms with Gasteiger partial charge in [0.05, 0.1) is 11.0 Å². The van der Waals surface area contributed by atoms with Crippen LogP contribution in [-0.2, 0) is 6.42 Å². The SMILES string of the molecule is CCCCC(CC)Cc1cccc2c1[nH]c1ccc3nccnc3c12. The van der Waals surface area contributed by atoms with E-state index in [1.165, 1.54) is 47.5 Å². The molecular formula is C22H25N3. The molecule has 4 rings (SSSR count). The standard InChI is InChI=1S/C22H25N3/c1-3-5-7-15(4-2)14-16-8-6-9-17-20-18(25-21(16)17)10-11-19-22(20)24-13-12-23-19/h6,8-13,15,25H,3-5,7,14H2,1-2H3. The summed E-state index contributed by atoms with van der Waals surface area (Å²) < 4.78 is 0. The van der Waals surface area contributed by atoms with E-state index in [9.17, 15) is 0 Å². The molecule has 0 saturated carbocycles. The average Bonchev–Trinajstić information content (AvgIpc) is 3.05. The van der Waals surface area contributed by atoms with Gasteiger partial charge < -0.3 is 4.98 Å². The molecule has 0 aliphatic rings. The number of aromatic amines is 1. The third-order valence-electron chi connectivity index (χ3n) is 5.37. The minimum absolute atomic E-state index is 0.758. The Bertz CT molecular complexity index is 1020. The first kappa shape index (κ1) is 16.1. The van der Waals surface area contributed by atoms with Gasteiger partial charge in [0.15, 0.2) is 0 Å². The first-order valence-corrected chi connectivity index (χ1v) is 9.44. The van der Waals surface area contributed by atoms with Crippen LogP contribution in [0.2, 0.25) is 0 Å². The second-order valence-electron chi connectivity index (χ2n) is 7.00. The van der Waals surface area contributed by atoms with Gasteiger partial charge in [-0.3, -0.25) is 9.97 Å². The van der Waals surface area contributed by atoms with Crippen LogP contribution in [-0.4, -0.2) is 15.0 Å². The Balaban J connectivity index is 1.86. The molecule has 1 atom stereocenters. The van der Waals surface area contributed by atoms with Gasteiger partial charge >= 0.3 is 0 Å². The monoisotopic (exact) mass is 331 g/mol. The number of hydrogen-bond donors (Lipinski definition) is 1. The van der Waals surface area contributed by atoms with Crippen molar-refractivity contribution in [3.63, 3.8) is 0 Å². The number of H-pyrrole nitrogens is 1. The van der Waals surface area contributed by atoms with Crippen molar-refractivity contribution in [1.82, 2.24) is 15.0 Å². The molecule has 0 aliphatic carbocycles. The molecule has 4 aromatic rings. The fourth-order valence-corrected chi connectivity index (χ4v) is 3.93. The highest BCUT2D eigenvalue weighted by molar-refractivity contribution is 6.18. The van der Waals surface area contributed by atoms with Crippen LogP contribution in [0.1, 0.15) is 45.1 Å². The summed E-state index contributed by atoms with van der Waals surface area (Å²) in [5.41, 5.74) is 5.79. The van der Waals surface area contributed by atoms with E-state index in [1.54, 1.807) is 12.4 Å². The average molecular weight is 331 g/mol. The summed E-state index contributed by atoms with van der Waals surface area (Å²) >= 11 is 0. The summed E-state index contributed by atoms with van der Waals surface area (Å²) in [6.07, 6.45) is 9.84. The van der Waals surface area contributed by atoms with Gasteiger partial charge in [0.1, 0.15) is 0 Å². The number of aromatic nitrogens is 3. The van der Waals surface area contributed by atoms with Crippen molar-refractivity contribution in [2.75, 3.05) is 0 Å². The predicted molar refractivity (Wildman–Crippen MR) is 106 cm³/mol. The molecule has 25 heavy (non-hydrogen) atoms. The molecule has 128 valence electrons. The number of para-hydroxylation sites is 1. The van der Waals surface area contributed by atoms with E-state index in [2.05, 4.69) is 59.1 Å². The molecule has 1 N–H and O–H groups in total. The van der Waals surface area contributed by atoms with Crippen molar-refractivity contribution >= 4 is 32.8 Å². The van der Waals surface area contributed by atoms with E-state index < -0.39 is 0 Å². The highest BCUT2D eigenvalue weighted by atomic mass is 14.8. The Morgan fingerprint density at radius 3 is 2.76 bits per heavy atom. The number of fused-ring (bicyclic) bond motifs is 5. The maximum atomic E-state index is 4.60. The van der Waals surface area contributed by atoms with E-state index in [0.29, 0.717) is 0 Å². The van der Waals surface area contributed by atoms with Gasteiger partial charge in [-0.2, -0.15) is 0 Å². The third-order valence-corrected chi connectivity index (χ3v) is 5.37. The molecule has 0 radical (unpaired) electrons. The van der Waals surface area contributed by atoms with Crippen molar-refractivity contribution in [2.24, 2.45) is 5.92 Å². The molecule has 0 aliphatic heterocycles. The van der Waals surface area contributed by atoms with Crippen LogP contribution in [0.4, 0.5) is 0 Å². The lowest BCUT2D eigenvalue weighted by Gasteiger charge is -2.15. The number of hydrogen-bond acceptors (Lipinski definition) is 2. The minimum atomic E-state index is 0.758. The lowest BCUT2D eigenvalue weighted by atomic mass is 9.91. The molecule has 3 heteroatoms. The number of rotatable bonds is 6. The van der Waals surface area contributed by atoms with E-state index in [1.807, 2.05) is 0 Å². The quantitative estimate of drug-likeness (QED) is 0.469. The van der Waals surface area contributed by atoms with Crippen molar-refractivity contribution in [1.29, 1.82) is 0 Å². The van der Waals surface area contributed by atoms with Gasteiger partial charge in [-0.15, -0.1) is 0 Å². The summed E-state index contributed by atoms with van der Waals surface area (Å²) in [5.74, 6) is 0.758. The molecule has 1 unspecified atom stereocenters. The van der Waals surface area contributed by atoms with Gasteiger partial charge in [0.2, 0.25) is 0 Å². The first-order valence-electron chi connectivity index (χ1n) is 9.44. The molecule has 2 aromatic carbocycles. The normalized spacial score (nSPS) is 13.0. The maximum absolute atomic E-state index is 4.60. The van der Waals surface area contributed by atoms with E-state index in [0.717, 1.165) is 28.9 Å². The summed E-state index contributed by atoms with van der Waals surface area (Å²) in [6, 6.07) is 10.9. The molecular weight excluding hydrogens is 306 g/mol. The summed E-state index contributed by atoms with van der Waals surface area (Å²) in [7, 11) is 0. The Hall–Kier alpha value is -2.42. The Morgan fingerprint density at radius 2 is 1.92 bits per heavy atom. The van der Waals surface area contributed by atoms with Crippen molar-refractivity contribution in [3.05, 3.63) is 48.3 Å². The van der Waals surface area contributed by atoms with Crippen molar-refractivity contribution < 1.29 is 0 Å². The van der Waals surface area contributed by atoms with Crippen LogP contribution in [0.15, 0.2) is 42.7 Å². The van der Waals surface area contributed by atoms with Crippen molar-refractivity contribution in [2.45, 2.75) is 46.0 Å². The van der Waals surface area contributed by atoms with Gasteiger partial charge in [0, 0.05) is 34.2 Å². The summed E-state index contributed by atoms with van der Waals surface area (Å²) in [4.78, 5) is 12.7. The molecule has 2 heterocycles. The van der Waals surface area contributed by atoms with Crippen LogP contribution in [0.3, 0.4) is 0 Å². The molecule has 0 fully saturated rings. The molecule has 0 amide bonds. The topological polar surface area (TPSA) is 41.6 Å². The minimum Gasteiger partial charge on any atom is -0.354 e. The number of nitrogens with one attached hydrogen (secondary N) is 1. The van der Waals surface area contributed by atoms with Crippen LogP contribution in [0.5, 0.6) is 0 Å². The lowest BCUT2D eigenvalue weighted by molar-refractivity contribution is 0.450. The highest BCUT2D eigenvalue weighted by Crippen LogP contribution is 2.33. The second-order valence-corrected chi connectivity index (χ2v) is 7.00. The largest absolute Gasteiger partial charge is 0.354 e. The Labute approximate surface area is 148 Å². The molecule has 0 bridgehead atoms. The molecule has 3 nitrogen and oxygen atoms in total. The second kappa shape index (κ2) is 6.83. The maximum Gasteiger partial charge on any atom is 0.0986 e. The van der Waals surface area contributed by atoms with Gasteiger partial charge in [-0.1, -0.05) is 57.7 Å². The highest BCUT2D eigenvalue weighted by Gasteiger charge is 2.14. The fraction of sp³-hybridized carbons (Fsp3) is 0.364. The smallest absolute Gasteiger partial charge is 0.0986 e. The van der Waals surface area contributed by atoms with Gasteiger partial charge in [-0.25, -0.2) is 0 Å². The zero-order valence-electron chi connectivity index (χ0n) is 15.0. The van der Waals surface area contributed by atoms with Crippen molar-refractivity contribution in [3.8, 4) is 0 Å². The predicted octanol–water partition coefficient (Wildman–Crippen LogP) is 6.02. The van der Waals surface area contributed by atoms with Crippen LogP contribution >= 0.6 is 0 Å². The molecule has 0 spiro atoms. The Morgan fingerprint density at radius 1 is 1.04 bits per heavy atom. The lowest BCUT2D eigenvalue weighted by Crippen LogP contribution is -2.03. The van der Waals surface area contributed by atoms with Gasteiger partial charge in [-0.05, 0) is 30.0 Å². The fourth-order valence-electron chi connectivity index (χ4n) is 3.93.